The molecule has 6 nitrogen and oxygen atoms in total. The molecule has 0 aromatic rings. The molecule has 0 aromatic heterocycles. The van der Waals surface area contributed by atoms with Gasteiger partial charge in [-0.05, 0) is 56.1 Å². The van der Waals surface area contributed by atoms with Crippen molar-refractivity contribution in [2.45, 2.75) is 83.4 Å². The van der Waals surface area contributed by atoms with Crippen LogP contribution in [0.15, 0.2) is 23.8 Å². The Morgan fingerprint density at radius 2 is 2.10 bits per heavy atom. The SMILES string of the molecule is CCC[C@H]1O[C@H]2C[C@@H]3[C@H]4CCC5=CC(=O)C=C[C@]5(C)[C@@H]4[C@@H](O)C[C@]3(C)[C@@]2(C(=O)CO)O1. The van der Waals surface area contributed by atoms with Crippen molar-refractivity contribution < 1.29 is 29.3 Å². The van der Waals surface area contributed by atoms with E-state index >= 15 is 0 Å². The van der Waals surface area contributed by atoms with Crippen LogP contribution in [0.25, 0.3) is 0 Å². The number of aliphatic hydroxyl groups is 2. The molecule has 0 radical (unpaired) electrons. The fraction of sp³-hybridized carbons (Fsp3) is 0.760. The number of carbonyl (C=O) groups excluding carboxylic acids is 2. The number of fused-ring (bicyclic) bond motifs is 7. The Bertz CT molecular complexity index is 862. The van der Waals surface area contributed by atoms with E-state index in [1.807, 2.05) is 6.08 Å². The van der Waals surface area contributed by atoms with E-state index in [9.17, 15) is 19.8 Å². The van der Waals surface area contributed by atoms with Crippen molar-refractivity contribution in [2.24, 2.45) is 28.6 Å². The molecular formula is C25H34O6. The summed E-state index contributed by atoms with van der Waals surface area (Å²) in [5.74, 6) is 0.0274. The number of ether oxygens (including phenoxy) is 2. The molecule has 170 valence electrons. The first-order valence-corrected chi connectivity index (χ1v) is 11.8. The molecule has 6 heteroatoms. The summed E-state index contributed by atoms with van der Waals surface area (Å²) >= 11 is 0. The average molecular weight is 431 g/mol. The standard InChI is InChI=1S/C25H34O6/c1-4-5-21-30-20-11-17-16-7-6-14-10-15(27)8-9-23(14,2)22(16)18(28)12-24(17,3)25(20,31-21)19(29)13-26/h8-10,16-18,20-22,26,28H,4-7,11-13H2,1-3H3/t16-,17-,18+,20+,21+,22+,23+,24+,25+/m1/s1. The number of hydrogen-bond donors (Lipinski definition) is 2. The smallest absolute Gasteiger partial charge is 0.193 e. The number of Topliss-reactive ketones (excluding diaryl/α,β-unsaturated/α-hetero) is 1. The highest BCUT2D eigenvalue weighted by Gasteiger charge is 2.75. The van der Waals surface area contributed by atoms with Gasteiger partial charge in [0.05, 0.1) is 12.2 Å². The topological polar surface area (TPSA) is 93.1 Å². The summed E-state index contributed by atoms with van der Waals surface area (Å²) in [5.41, 5.74) is -1.05. The van der Waals surface area contributed by atoms with Gasteiger partial charge in [0.15, 0.2) is 23.5 Å². The maximum absolute atomic E-state index is 13.2. The highest BCUT2D eigenvalue weighted by Crippen LogP contribution is 2.69. The Morgan fingerprint density at radius 3 is 2.81 bits per heavy atom. The Morgan fingerprint density at radius 1 is 1.32 bits per heavy atom. The van der Waals surface area contributed by atoms with Gasteiger partial charge in [-0.3, -0.25) is 9.59 Å². The van der Waals surface area contributed by atoms with Crippen LogP contribution < -0.4 is 0 Å². The van der Waals surface area contributed by atoms with E-state index in [1.54, 1.807) is 12.2 Å². The maximum Gasteiger partial charge on any atom is 0.193 e. The number of carbonyl (C=O) groups is 2. The van der Waals surface area contributed by atoms with Gasteiger partial charge in [0, 0.05) is 16.7 Å². The number of allylic oxidation sites excluding steroid dienone is 4. The van der Waals surface area contributed by atoms with Crippen LogP contribution in [0.3, 0.4) is 0 Å². The molecule has 4 aliphatic carbocycles. The van der Waals surface area contributed by atoms with E-state index in [1.165, 1.54) is 0 Å². The summed E-state index contributed by atoms with van der Waals surface area (Å²) < 4.78 is 12.7. The largest absolute Gasteiger partial charge is 0.393 e. The second kappa shape index (κ2) is 7.08. The normalized spacial score (nSPS) is 50.4. The third kappa shape index (κ3) is 2.65. The van der Waals surface area contributed by atoms with Crippen LogP contribution in [-0.2, 0) is 19.1 Å². The zero-order valence-electron chi connectivity index (χ0n) is 18.7. The second-order valence-electron chi connectivity index (χ2n) is 10.7. The molecule has 2 N–H and O–H groups in total. The molecule has 31 heavy (non-hydrogen) atoms. The fourth-order valence-corrected chi connectivity index (χ4v) is 8.12. The van der Waals surface area contributed by atoms with Crippen LogP contribution in [0.4, 0.5) is 0 Å². The first-order valence-electron chi connectivity index (χ1n) is 11.8. The third-order valence-electron chi connectivity index (χ3n) is 9.37. The summed E-state index contributed by atoms with van der Waals surface area (Å²) in [6, 6.07) is 0. The lowest BCUT2D eigenvalue weighted by molar-refractivity contribution is -0.200. The first-order chi connectivity index (χ1) is 14.7. The molecule has 1 saturated heterocycles. The maximum atomic E-state index is 13.2. The van der Waals surface area contributed by atoms with Crippen molar-refractivity contribution in [2.75, 3.05) is 6.61 Å². The van der Waals surface area contributed by atoms with Gasteiger partial charge in [-0.15, -0.1) is 0 Å². The van der Waals surface area contributed by atoms with Crippen molar-refractivity contribution in [1.82, 2.24) is 0 Å². The number of ketones is 2. The molecule has 1 heterocycles. The van der Waals surface area contributed by atoms with E-state index in [-0.39, 0.29) is 34.7 Å². The van der Waals surface area contributed by atoms with E-state index in [2.05, 4.69) is 20.8 Å². The van der Waals surface area contributed by atoms with Crippen LogP contribution in [0.2, 0.25) is 0 Å². The van der Waals surface area contributed by atoms with E-state index in [0.29, 0.717) is 19.3 Å². The predicted octanol–water partition coefficient (Wildman–Crippen LogP) is 2.72. The number of rotatable bonds is 4. The lowest BCUT2D eigenvalue weighted by Crippen LogP contribution is -2.63. The van der Waals surface area contributed by atoms with Gasteiger partial charge in [0.1, 0.15) is 6.61 Å². The van der Waals surface area contributed by atoms with Crippen molar-refractivity contribution in [3.63, 3.8) is 0 Å². The Hall–Kier alpha value is -1.34. The third-order valence-corrected chi connectivity index (χ3v) is 9.37. The van der Waals surface area contributed by atoms with Crippen molar-refractivity contribution >= 4 is 11.6 Å². The lowest BCUT2D eigenvalue weighted by atomic mass is 9.46. The van der Waals surface area contributed by atoms with Crippen LogP contribution >= 0.6 is 0 Å². The predicted molar refractivity (Wildman–Crippen MR) is 113 cm³/mol. The highest BCUT2D eigenvalue weighted by molar-refractivity contribution is 6.01. The summed E-state index contributed by atoms with van der Waals surface area (Å²) in [6.45, 7) is 5.67. The molecule has 5 aliphatic rings. The van der Waals surface area contributed by atoms with E-state index in [0.717, 1.165) is 24.8 Å². The summed E-state index contributed by atoms with van der Waals surface area (Å²) in [4.78, 5) is 25.2. The van der Waals surface area contributed by atoms with Gasteiger partial charge in [-0.1, -0.05) is 38.8 Å². The minimum atomic E-state index is -1.20. The average Bonchev–Trinajstić information content (AvgIpc) is 3.20. The zero-order valence-corrected chi connectivity index (χ0v) is 18.7. The lowest BCUT2D eigenvalue weighted by Gasteiger charge is -2.59. The minimum absolute atomic E-state index is 0.0125. The van der Waals surface area contributed by atoms with Gasteiger partial charge in [0.2, 0.25) is 0 Å². The van der Waals surface area contributed by atoms with Crippen LogP contribution in [0.1, 0.15) is 59.3 Å². The molecule has 0 bridgehead atoms. The van der Waals surface area contributed by atoms with Gasteiger partial charge in [0.25, 0.3) is 0 Å². The van der Waals surface area contributed by atoms with Gasteiger partial charge in [-0.25, -0.2) is 0 Å². The van der Waals surface area contributed by atoms with Crippen LogP contribution in [-0.4, -0.2) is 52.5 Å². The minimum Gasteiger partial charge on any atom is -0.393 e. The fourth-order valence-electron chi connectivity index (χ4n) is 8.12. The van der Waals surface area contributed by atoms with Crippen LogP contribution in [0.5, 0.6) is 0 Å². The molecular weight excluding hydrogens is 396 g/mol. The Balaban J connectivity index is 1.55. The Labute approximate surface area is 183 Å². The van der Waals surface area contributed by atoms with Gasteiger partial charge < -0.3 is 19.7 Å². The monoisotopic (exact) mass is 430 g/mol. The first kappa shape index (κ1) is 21.5. The number of hydrogen-bond acceptors (Lipinski definition) is 6. The molecule has 0 amide bonds. The molecule has 9 atom stereocenters. The molecule has 0 spiro atoms. The summed E-state index contributed by atoms with van der Waals surface area (Å²) in [6.07, 6.45) is 8.31. The van der Waals surface area contributed by atoms with Crippen molar-refractivity contribution in [1.29, 1.82) is 0 Å². The Kier molecular flexibility index (Phi) is 4.91. The molecule has 1 aliphatic heterocycles. The molecule has 3 saturated carbocycles. The number of aliphatic hydroxyl groups excluding tert-OH is 2. The van der Waals surface area contributed by atoms with Crippen LogP contribution in [0, 0.1) is 28.6 Å². The molecule has 5 rings (SSSR count). The van der Waals surface area contributed by atoms with Crippen molar-refractivity contribution in [3.8, 4) is 0 Å². The zero-order chi connectivity index (χ0) is 22.2. The highest BCUT2D eigenvalue weighted by atomic mass is 16.7. The molecule has 0 unspecified atom stereocenters. The van der Waals surface area contributed by atoms with Gasteiger partial charge in [-0.2, -0.15) is 0 Å². The molecule has 4 fully saturated rings. The van der Waals surface area contributed by atoms with Gasteiger partial charge >= 0.3 is 0 Å². The van der Waals surface area contributed by atoms with E-state index in [4.69, 9.17) is 9.47 Å². The van der Waals surface area contributed by atoms with E-state index < -0.39 is 36.1 Å². The summed E-state index contributed by atoms with van der Waals surface area (Å²) in [7, 11) is 0. The molecule has 0 aromatic carbocycles. The second-order valence-corrected chi connectivity index (χ2v) is 10.7. The quantitative estimate of drug-likeness (QED) is 0.712. The summed E-state index contributed by atoms with van der Waals surface area (Å²) in [5, 5.41) is 21.4. The van der Waals surface area contributed by atoms with Crippen molar-refractivity contribution in [3.05, 3.63) is 23.8 Å².